The number of aromatic nitrogens is 2. The van der Waals surface area contributed by atoms with Crippen molar-refractivity contribution in [3.8, 4) is 11.4 Å². The van der Waals surface area contributed by atoms with Gasteiger partial charge in [-0.1, -0.05) is 41.6 Å². The molecular formula is C19H27N4O+. The minimum Gasteiger partial charge on any atom is -0.339 e. The van der Waals surface area contributed by atoms with Crippen LogP contribution in [0.1, 0.15) is 30.7 Å². The fraction of sp³-hybridized carbons (Fsp3) is 0.368. The maximum absolute atomic E-state index is 5.01. The highest BCUT2D eigenvalue weighted by molar-refractivity contribution is 5.54. The predicted octanol–water partition coefficient (Wildman–Crippen LogP) is 2.66. The number of nitrogens with one attached hydrogen (secondary N) is 1. The van der Waals surface area contributed by atoms with Crippen molar-refractivity contribution in [2.75, 3.05) is 13.6 Å². The van der Waals surface area contributed by atoms with Crippen LogP contribution in [0.2, 0.25) is 0 Å². The van der Waals surface area contributed by atoms with Gasteiger partial charge in [0, 0.05) is 25.5 Å². The summed E-state index contributed by atoms with van der Waals surface area (Å²) in [7, 11) is 1.96. The van der Waals surface area contributed by atoms with Crippen LogP contribution in [-0.4, -0.2) is 23.7 Å². The first-order valence-corrected chi connectivity index (χ1v) is 8.39. The van der Waals surface area contributed by atoms with E-state index in [9.17, 15) is 0 Å². The van der Waals surface area contributed by atoms with Crippen LogP contribution in [0.15, 0.2) is 52.7 Å². The lowest BCUT2D eigenvalue weighted by Gasteiger charge is -2.00. The highest BCUT2D eigenvalue weighted by Crippen LogP contribution is 2.17. The molecule has 24 heavy (non-hydrogen) atoms. The van der Waals surface area contributed by atoms with Crippen LogP contribution in [0.25, 0.3) is 11.4 Å². The van der Waals surface area contributed by atoms with Gasteiger partial charge in [0.05, 0.1) is 0 Å². The number of nitrogens with zero attached hydrogens (tertiary/aromatic N) is 2. The first-order valence-electron chi connectivity index (χ1n) is 8.39. The summed E-state index contributed by atoms with van der Waals surface area (Å²) in [6, 6.07) is 8.34. The largest absolute Gasteiger partial charge is 0.339 e. The summed E-state index contributed by atoms with van der Waals surface area (Å²) < 4.78 is 5.01. The van der Waals surface area contributed by atoms with E-state index < -0.39 is 0 Å². The Bertz CT molecular complexity index is 671. The normalized spacial score (nSPS) is 12.2. The van der Waals surface area contributed by atoms with Crippen LogP contribution in [0.4, 0.5) is 0 Å². The van der Waals surface area contributed by atoms with Gasteiger partial charge in [0.15, 0.2) is 0 Å². The first-order chi connectivity index (χ1) is 11.7. The van der Waals surface area contributed by atoms with Crippen molar-refractivity contribution in [1.29, 1.82) is 0 Å². The maximum Gasteiger partial charge on any atom is 0.223 e. The summed E-state index contributed by atoms with van der Waals surface area (Å²) in [5.74, 6) is 1.23. The van der Waals surface area contributed by atoms with E-state index in [-0.39, 0.29) is 0 Å². The summed E-state index contributed by atoms with van der Waals surface area (Å²) >= 11 is 0. The molecule has 0 aliphatic carbocycles. The quantitative estimate of drug-likeness (QED) is 0.694. The van der Waals surface area contributed by atoms with Gasteiger partial charge in [-0.05, 0) is 37.9 Å². The van der Waals surface area contributed by atoms with Crippen molar-refractivity contribution in [2.24, 2.45) is 0 Å². The molecule has 5 heteroatoms. The van der Waals surface area contributed by atoms with Gasteiger partial charge in [0.25, 0.3) is 0 Å². The minimum atomic E-state index is 0.588. The Balaban J connectivity index is 1.73. The van der Waals surface area contributed by atoms with Crippen molar-refractivity contribution >= 4 is 0 Å². The second kappa shape index (κ2) is 9.80. The van der Waals surface area contributed by atoms with Crippen LogP contribution in [0.5, 0.6) is 0 Å². The Labute approximate surface area is 143 Å². The summed E-state index contributed by atoms with van der Waals surface area (Å²) in [4.78, 5) is 4.24. The number of rotatable bonds is 9. The van der Waals surface area contributed by atoms with Crippen molar-refractivity contribution in [3.63, 3.8) is 0 Å². The Hall–Kier alpha value is -2.24. The number of aryl methyl sites for hydroxylation is 2. The lowest BCUT2D eigenvalue weighted by atomic mass is 10.1. The molecule has 0 aliphatic rings. The van der Waals surface area contributed by atoms with E-state index in [0.717, 1.165) is 37.8 Å². The van der Waals surface area contributed by atoms with E-state index >= 15 is 0 Å². The zero-order chi connectivity index (χ0) is 17.2. The van der Waals surface area contributed by atoms with E-state index in [1.54, 1.807) is 6.92 Å². The van der Waals surface area contributed by atoms with Gasteiger partial charge in [-0.15, -0.1) is 0 Å². The van der Waals surface area contributed by atoms with Gasteiger partial charge in [0.2, 0.25) is 11.7 Å². The SMILES string of the molecule is CNCCC([NH3+])=CCC=CCCc1ccc(-c2noc(C)n2)cc1. The summed E-state index contributed by atoms with van der Waals surface area (Å²) in [5, 5.41) is 7.06. The molecular weight excluding hydrogens is 300 g/mol. The molecule has 0 aliphatic heterocycles. The van der Waals surface area contributed by atoms with Gasteiger partial charge < -0.3 is 15.6 Å². The fourth-order valence-electron chi connectivity index (χ4n) is 2.32. The minimum absolute atomic E-state index is 0.588. The summed E-state index contributed by atoms with van der Waals surface area (Å²) in [6.45, 7) is 2.78. The molecule has 0 spiro atoms. The highest BCUT2D eigenvalue weighted by Gasteiger charge is 2.04. The highest BCUT2D eigenvalue weighted by atomic mass is 16.5. The Morgan fingerprint density at radius 3 is 2.71 bits per heavy atom. The van der Waals surface area contributed by atoms with Crippen molar-refractivity contribution in [3.05, 3.63) is 59.6 Å². The second-order valence-electron chi connectivity index (χ2n) is 5.80. The molecule has 0 fully saturated rings. The van der Waals surface area contributed by atoms with Gasteiger partial charge in [0.1, 0.15) is 5.70 Å². The third-order valence-electron chi connectivity index (χ3n) is 3.74. The van der Waals surface area contributed by atoms with Gasteiger partial charge >= 0.3 is 0 Å². The van der Waals surface area contributed by atoms with Crippen LogP contribution in [0.3, 0.4) is 0 Å². The number of benzene rings is 1. The van der Waals surface area contributed by atoms with E-state index in [2.05, 4.69) is 51.6 Å². The average Bonchev–Trinajstić information content (AvgIpc) is 3.03. The number of hydrogen-bond acceptors (Lipinski definition) is 4. The zero-order valence-electron chi connectivity index (χ0n) is 14.6. The number of allylic oxidation sites excluding steroid dienone is 3. The topological polar surface area (TPSA) is 78.6 Å². The lowest BCUT2D eigenvalue weighted by molar-refractivity contribution is -0.306. The molecule has 2 aromatic rings. The zero-order valence-corrected chi connectivity index (χ0v) is 14.6. The monoisotopic (exact) mass is 327 g/mol. The summed E-state index contributed by atoms with van der Waals surface area (Å²) in [6.07, 6.45) is 10.7. The van der Waals surface area contributed by atoms with Crippen LogP contribution in [-0.2, 0) is 6.42 Å². The molecule has 1 heterocycles. The van der Waals surface area contributed by atoms with E-state index in [1.807, 2.05) is 19.2 Å². The average molecular weight is 327 g/mol. The fourth-order valence-corrected chi connectivity index (χ4v) is 2.32. The molecule has 0 atom stereocenters. The standard InChI is InChI=1S/C19H26N4O/c1-15-22-19(23-24-15)17-11-9-16(10-12-17)7-5-3-4-6-8-18(20)13-14-21-2/h3-4,8-12,21H,5-7,13-14,20H2,1-2H3/p+1. The van der Waals surface area contributed by atoms with E-state index in [0.29, 0.717) is 11.7 Å². The molecule has 128 valence electrons. The molecule has 0 unspecified atom stereocenters. The predicted molar refractivity (Wildman–Crippen MR) is 96.1 cm³/mol. The molecule has 0 radical (unpaired) electrons. The smallest absolute Gasteiger partial charge is 0.223 e. The molecule has 0 saturated heterocycles. The molecule has 1 aromatic carbocycles. The van der Waals surface area contributed by atoms with Crippen LogP contribution >= 0.6 is 0 Å². The van der Waals surface area contributed by atoms with Crippen molar-refractivity contribution in [2.45, 2.75) is 32.6 Å². The van der Waals surface area contributed by atoms with Gasteiger partial charge in [-0.25, -0.2) is 0 Å². The molecule has 0 saturated carbocycles. The van der Waals surface area contributed by atoms with Crippen LogP contribution < -0.4 is 11.1 Å². The van der Waals surface area contributed by atoms with Gasteiger partial charge in [-0.3, -0.25) is 0 Å². The van der Waals surface area contributed by atoms with Crippen molar-refractivity contribution in [1.82, 2.24) is 15.5 Å². The molecule has 0 bridgehead atoms. The first kappa shape index (κ1) is 18.1. The molecule has 0 amide bonds. The maximum atomic E-state index is 5.01. The third-order valence-corrected chi connectivity index (χ3v) is 3.74. The van der Waals surface area contributed by atoms with Gasteiger partial charge in [-0.2, -0.15) is 4.98 Å². The number of quaternary nitrogens is 1. The summed E-state index contributed by atoms with van der Waals surface area (Å²) in [5.41, 5.74) is 7.54. The molecule has 5 nitrogen and oxygen atoms in total. The van der Waals surface area contributed by atoms with E-state index in [1.165, 1.54) is 11.3 Å². The molecule has 1 aromatic heterocycles. The Kier molecular flexibility index (Phi) is 7.39. The lowest BCUT2D eigenvalue weighted by Crippen LogP contribution is -2.48. The third kappa shape index (κ3) is 6.10. The Morgan fingerprint density at radius 2 is 2.04 bits per heavy atom. The van der Waals surface area contributed by atoms with E-state index in [4.69, 9.17) is 4.52 Å². The molecule has 2 rings (SSSR count). The van der Waals surface area contributed by atoms with Crippen molar-refractivity contribution < 1.29 is 10.3 Å². The molecule has 4 N–H and O–H groups in total. The second-order valence-corrected chi connectivity index (χ2v) is 5.80. The van der Waals surface area contributed by atoms with Crippen LogP contribution in [0, 0.1) is 6.92 Å². The number of hydrogen-bond donors (Lipinski definition) is 2. The Morgan fingerprint density at radius 1 is 1.25 bits per heavy atom.